The predicted molar refractivity (Wildman–Crippen MR) is 100 cm³/mol. The minimum atomic E-state index is -0.571. The predicted octanol–water partition coefficient (Wildman–Crippen LogP) is 3.15. The molecule has 1 amide bonds. The molecule has 1 unspecified atom stereocenters. The highest BCUT2D eigenvalue weighted by Crippen LogP contribution is 2.25. The van der Waals surface area contributed by atoms with E-state index in [9.17, 15) is 14.0 Å². The third-order valence-corrected chi connectivity index (χ3v) is 4.93. The van der Waals surface area contributed by atoms with Gasteiger partial charge in [-0.3, -0.25) is 9.69 Å². The van der Waals surface area contributed by atoms with Crippen LogP contribution in [0.4, 0.5) is 4.39 Å². The zero-order valence-electron chi connectivity index (χ0n) is 14.9. The van der Waals surface area contributed by atoms with Crippen molar-refractivity contribution < 1.29 is 18.7 Å². The van der Waals surface area contributed by atoms with E-state index in [4.69, 9.17) is 16.3 Å². The Morgan fingerprint density at radius 2 is 1.67 bits per heavy atom. The summed E-state index contributed by atoms with van der Waals surface area (Å²) in [7, 11) is 1.35. The number of methoxy groups -OCH3 is 1. The van der Waals surface area contributed by atoms with Crippen molar-refractivity contribution in [3.05, 3.63) is 70.5 Å². The van der Waals surface area contributed by atoms with Crippen molar-refractivity contribution in [3.8, 4) is 0 Å². The molecule has 2 aromatic rings. The van der Waals surface area contributed by atoms with Gasteiger partial charge in [-0.15, -0.1) is 0 Å². The van der Waals surface area contributed by atoms with Crippen LogP contribution in [0.3, 0.4) is 0 Å². The van der Waals surface area contributed by atoms with Gasteiger partial charge in [0.25, 0.3) is 5.91 Å². The van der Waals surface area contributed by atoms with E-state index in [1.807, 2.05) is 4.90 Å². The van der Waals surface area contributed by atoms with Crippen molar-refractivity contribution in [1.82, 2.24) is 9.80 Å². The van der Waals surface area contributed by atoms with Crippen LogP contribution in [-0.4, -0.2) is 55.0 Å². The van der Waals surface area contributed by atoms with E-state index in [0.717, 1.165) is 5.56 Å². The maximum Gasteiger partial charge on any atom is 0.327 e. The molecule has 1 aliphatic rings. The normalized spacial score (nSPS) is 16.0. The molecule has 2 aromatic carbocycles. The summed E-state index contributed by atoms with van der Waals surface area (Å²) in [4.78, 5) is 28.5. The van der Waals surface area contributed by atoms with Crippen molar-refractivity contribution in [2.24, 2.45) is 0 Å². The third kappa shape index (κ3) is 4.28. The number of benzene rings is 2. The standard InChI is InChI=1S/C20H20ClFN2O3/c1-27-20(26)18(14-6-8-15(21)9-7-14)23-10-12-24(13-11-23)19(25)16-4-2-3-5-17(16)22/h2-9,18H,10-13H2,1H3. The molecule has 0 radical (unpaired) electrons. The molecule has 7 heteroatoms. The number of nitrogens with zero attached hydrogens (tertiary/aromatic N) is 2. The van der Waals surface area contributed by atoms with E-state index in [-0.39, 0.29) is 17.4 Å². The van der Waals surface area contributed by atoms with Gasteiger partial charge in [0.2, 0.25) is 0 Å². The number of hydrogen-bond donors (Lipinski definition) is 0. The Balaban J connectivity index is 1.72. The first-order valence-electron chi connectivity index (χ1n) is 8.62. The fourth-order valence-electron chi connectivity index (χ4n) is 3.24. The Morgan fingerprint density at radius 3 is 2.26 bits per heavy atom. The van der Waals surface area contributed by atoms with Crippen LogP contribution >= 0.6 is 11.6 Å². The van der Waals surface area contributed by atoms with Crippen molar-refractivity contribution in [2.75, 3.05) is 33.3 Å². The minimum absolute atomic E-state index is 0.0631. The molecule has 27 heavy (non-hydrogen) atoms. The number of carbonyl (C=O) groups excluding carboxylic acids is 2. The van der Waals surface area contributed by atoms with E-state index in [1.54, 1.807) is 41.3 Å². The summed E-state index contributed by atoms with van der Waals surface area (Å²) < 4.78 is 18.8. The van der Waals surface area contributed by atoms with Gasteiger partial charge >= 0.3 is 5.97 Å². The maximum absolute atomic E-state index is 13.9. The molecule has 0 N–H and O–H groups in total. The third-order valence-electron chi connectivity index (χ3n) is 4.68. The summed E-state index contributed by atoms with van der Waals surface area (Å²) in [6.07, 6.45) is 0. The highest BCUT2D eigenvalue weighted by molar-refractivity contribution is 6.30. The molecule has 0 spiro atoms. The van der Waals surface area contributed by atoms with E-state index < -0.39 is 11.9 Å². The number of hydrogen-bond acceptors (Lipinski definition) is 4. The number of esters is 1. The van der Waals surface area contributed by atoms with Crippen LogP contribution in [0.1, 0.15) is 22.0 Å². The molecule has 142 valence electrons. The molecule has 1 atom stereocenters. The summed E-state index contributed by atoms with van der Waals surface area (Å²) in [6, 6.07) is 12.4. The van der Waals surface area contributed by atoms with E-state index in [2.05, 4.69) is 0 Å². The SMILES string of the molecule is COC(=O)C(c1ccc(Cl)cc1)N1CCN(C(=O)c2ccccc2F)CC1. The van der Waals surface area contributed by atoms with Crippen LogP contribution in [0.15, 0.2) is 48.5 Å². The summed E-state index contributed by atoms with van der Waals surface area (Å²) in [5, 5.41) is 0.586. The molecule has 1 saturated heterocycles. The Bertz CT molecular complexity index is 820. The number of piperazine rings is 1. The highest BCUT2D eigenvalue weighted by Gasteiger charge is 2.33. The second-order valence-electron chi connectivity index (χ2n) is 6.29. The monoisotopic (exact) mass is 390 g/mol. The van der Waals surface area contributed by atoms with E-state index in [1.165, 1.54) is 19.2 Å². The summed E-state index contributed by atoms with van der Waals surface area (Å²) >= 11 is 5.94. The van der Waals surface area contributed by atoms with Crippen LogP contribution in [0.25, 0.3) is 0 Å². The van der Waals surface area contributed by atoms with Crippen LogP contribution in [-0.2, 0) is 9.53 Å². The smallest absolute Gasteiger partial charge is 0.327 e. The lowest BCUT2D eigenvalue weighted by Gasteiger charge is -2.38. The zero-order chi connectivity index (χ0) is 19.4. The van der Waals surface area contributed by atoms with Gasteiger partial charge in [0, 0.05) is 31.2 Å². The van der Waals surface area contributed by atoms with Crippen molar-refractivity contribution in [2.45, 2.75) is 6.04 Å². The summed E-state index contributed by atoms with van der Waals surface area (Å²) in [6.45, 7) is 1.74. The van der Waals surface area contributed by atoms with Gasteiger partial charge in [0.05, 0.1) is 12.7 Å². The zero-order valence-corrected chi connectivity index (χ0v) is 15.7. The summed E-state index contributed by atoms with van der Waals surface area (Å²) in [5.74, 6) is -1.24. The first kappa shape index (κ1) is 19.3. The molecular formula is C20H20ClFN2O3. The number of carbonyl (C=O) groups is 2. The van der Waals surface area contributed by atoms with Crippen LogP contribution in [0, 0.1) is 5.82 Å². The minimum Gasteiger partial charge on any atom is -0.468 e. The quantitative estimate of drug-likeness (QED) is 0.752. The van der Waals surface area contributed by atoms with Gasteiger partial charge in [-0.2, -0.15) is 0 Å². The second kappa shape index (κ2) is 8.50. The molecule has 0 saturated carbocycles. The van der Waals surface area contributed by atoms with Crippen molar-refractivity contribution in [3.63, 3.8) is 0 Å². The Hall–Kier alpha value is -2.44. The second-order valence-corrected chi connectivity index (χ2v) is 6.72. The molecule has 5 nitrogen and oxygen atoms in total. The Labute approximate surface area is 162 Å². The topological polar surface area (TPSA) is 49.9 Å². The van der Waals surface area contributed by atoms with Crippen molar-refractivity contribution >= 4 is 23.5 Å². The first-order valence-corrected chi connectivity index (χ1v) is 9.00. The van der Waals surface area contributed by atoms with Crippen LogP contribution in [0.2, 0.25) is 5.02 Å². The lowest BCUT2D eigenvalue weighted by Crippen LogP contribution is -2.51. The Morgan fingerprint density at radius 1 is 1.04 bits per heavy atom. The molecule has 1 aliphatic heterocycles. The largest absolute Gasteiger partial charge is 0.468 e. The number of amides is 1. The average molecular weight is 391 g/mol. The fraction of sp³-hybridized carbons (Fsp3) is 0.300. The van der Waals surface area contributed by atoms with Gasteiger partial charge in [0.15, 0.2) is 0 Å². The molecule has 0 aliphatic carbocycles. The van der Waals surface area contributed by atoms with Gasteiger partial charge in [-0.25, -0.2) is 9.18 Å². The molecular weight excluding hydrogens is 371 g/mol. The number of ether oxygens (including phenoxy) is 1. The van der Waals surface area contributed by atoms with Gasteiger partial charge in [0.1, 0.15) is 11.9 Å². The molecule has 1 heterocycles. The van der Waals surface area contributed by atoms with Crippen LogP contribution < -0.4 is 0 Å². The molecule has 3 rings (SSSR count). The van der Waals surface area contributed by atoms with Crippen LogP contribution in [0.5, 0.6) is 0 Å². The van der Waals surface area contributed by atoms with Gasteiger partial charge in [-0.05, 0) is 29.8 Å². The molecule has 0 bridgehead atoms. The summed E-state index contributed by atoms with van der Waals surface area (Å²) in [5.41, 5.74) is 0.841. The van der Waals surface area contributed by atoms with Crippen molar-refractivity contribution in [1.29, 1.82) is 0 Å². The molecule has 0 aromatic heterocycles. The van der Waals surface area contributed by atoms with E-state index in [0.29, 0.717) is 31.2 Å². The number of rotatable bonds is 4. The maximum atomic E-state index is 13.9. The average Bonchev–Trinajstić information content (AvgIpc) is 2.70. The highest BCUT2D eigenvalue weighted by atomic mass is 35.5. The fourth-order valence-corrected chi connectivity index (χ4v) is 3.37. The van der Waals surface area contributed by atoms with E-state index >= 15 is 0 Å². The lowest BCUT2D eigenvalue weighted by molar-refractivity contribution is -0.148. The molecule has 1 fully saturated rings. The van der Waals surface area contributed by atoms with Gasteiger partial charge < -0.3 is 9.64 Å². The van der Waals surface area contributed by atoms with Gasteiger partial charge in [-0.1, -0.05) is 35.9 Å². The first-order chi connectivity index (χ1) is 13.0. The number of halogens is 2. The lowest BCUT2D eigenvalue weighted by atomic mass is 10.0. The Kier molecular flexibility index (Phi) is 6.08.